The van der Waals surface area contributed by atoms with E-state index in [1.807, 2.05) is 36.4 Å². The summed E-state index contributed by atoms with van der Waals surface area (Å²) < 4.78 is 1.01. The lowest BCUT2D eigenvalue weighted by Gasteiger charge is -2.04. The third kappa shape index (κ3) is 4.36. The first-order valence-electron chi connectivity index (χ1n) is 5.64. The van der Waals surface area contributed by atoms with E-state index in [1.165, 1.54) is 6.08 Å². The Morgan fingerprint density at radius 3 is 2.47 bits per heavy atom. The molecule has 19 heavy (non-hydrogen) atoms. The quantitative estimate of drug-likeness (QED) is 0.609. The van der Waals surface area contributed by atoms with Crippen LogP contribution in [0.2, 0.25) is 5.02 Å². The summed E-state index contributed by atoms with van der Waals surface area (Å²) in [5.41, 5.74) is 1.75. The number of amides is 1. The number of carbonyl (C=O) groups is 1. The molecule has 0 spiro atoms. The van der Waals surface area contributed by atoms with Crippen LogP contribution < -0.4 is 5.32 Å². The zero-order valence-corrected chi connectivity index (χ0v) is 12.9. The van der Waals surface area contributed by atoms with Crippen molar-refractivity contribution >= 4 is 51.9 Å². The summed E-state index contributed by atoms with van der Waals surface area (Å²) in [6, 6.07) is 14.9. The minimum atomic E-state index is -0.154. The molecule has 0 heterocycles. The van der Waals surface area contributed by atoms with E-state index in [0.717, 1.165) is 14.8 Å². The topological polar surface area (TPSA) is 29.1 Å². The highest BCUT2D eigenvalue weighted by atomic mass is 127. The van der Waals surface area contributed by atoms with Crippen LogP contribution in [-0.2, 0) is 4.79 Å². The average molecular weight is 384 g/mol. The van der Waals surface area contributed by atoms with Gasteiger partial charge in [-0.15, -0.1) is 0 Å². The molecule has 0 aliphatic heterocycles. The molecule has 2 aromatic carbocycles. The van der Waals surface area contributed by atoms with Crippen LogP contribution in [0.1, 0.15) is 5.56 Å². The number of halogens is 2. The molecule has 0 unspecified atom stereocenters. The zero-order chi connectivity index (χ0) is 13.7. The number of benzene rings is 2. The standard InChI is InChI=1S/C15H11ClINO/c16-12-8-5-11(6-9-12)7-10-15(19)18-14-4-2-1-3-13(14)17/h1-10H,(H,18,19). The van der Waals surface area contributed by atoms with Crippen molar-refractivity contribution in [3.8, 4) is 0 Å². The Kier molecular flexibility index (Phi) is 4.99. The lowest BCUT2D eigenvalue weighted by atomic mass is 10.2. The first-order valence-corrected chi connectivity index (χ1v) is 7.10. The second-order valence-corrected chi connectivity index (χ2v) is 5.45. The molecule has 0 saturated carbocycles. The van der Waals surface area contributed by atoms with Gasteiger partial charge in [0.1, 0.15) is 0 Å². The normalized spacial score (nSPS) is 10.6. The maximum absolute atomic E-state index is 11.8. The molecule has 0 saturated heterocycles. The largest absolute Gasteiger partial charge is 0.322 e. The van der Waals surface area contributed by atoms with Crippen LogP contribution in [0.25, 0.3) is 6.08 Å². The van der Waals surface area contributed by atoms with Crippen molar-refractivity contribution in [2.75, 3.05) is 5.32 Å². The Bertz CT molecular complexity index is 608. The first-order chi connectivity index (χ1) is 9.15. The molecular formula is C15H11ClINO. The first kappa shape index (κ1) is 14.1. The van der Waals surface area contributed by atoms with Crippen molar-refractivity contribution < 1.29 is 4.79 Å². The molecule has 0 fully saturated rings. The van der Waals surface area contributed by atoms with Gasteiger partial charge in [0.2, 0.25) is 5.91 Å². The van der Waals surface area contributed by atoms with Crippen molar-refractivity contribution in [1.82, 2.24) is 0 Å². The molecular weight excluding hydrogens is 373 g/mol. The summed E-state index contributed by atoms with van der Waals surface area (Å²) in [4.78, 5) is 11.8. The summed E-state index contributed by atoms with van der Waals surface area (Å²) in [7, 11) is 0. The number of para-hydroxylation sites is 1. The van der Waals surface area contributed by atoms with Gasteiger partial charge >= 0.3 is 0 Å². The van der Waals surface area contributed by atoms with Crippen LogP contribution in [-0.4, -0.2) is 5.91 Å². The van der Waals surface area contributed by atoms with E-state index in [0.29, 0.717) is 5.02 Å². The van der Waals surface area contributed by atoms with Crippen molar-refractivity contribution in [3.63, 3.8) is 0 Å². The molecule has 2 aromatic rings. The molecule has 1 N–H and O–H groups in total. The molecule has 2 nitrogen and oxygen atoms in total. The van der Waals surface area contributed by atoms with Gasteiger partial charge in [0.25, 0.3) is 0 Å². The predicted octanol–water partition coefficient (Wildman–Crippen LogP) is 4.60. The summed E-state index contributed by atoms with van der Waals surface area (Å²) in [5, 5.41) is 3.51. The average Bonchev–Trinajstić information content (AvgIpc) is 2.41. The summed E-state index contributed by atoms with van der Waals surface area (Å²) in [6.45, 7) is 0. The second kappa shape index (κ2) is 6.73. The van der Waals surface area contributed by atoms with Crippen molar-refractivity contribution in [2.45, 2.75) is 0 Å². The van der Waals surface area contributed by atoms with Crippen molar-refractivity contribution in [3.05, 3.63) is 68.8 Å². The molecule has 0 aromatic heterocycles. The molecule has 0 atom stereocenters. The van der Waals surface area contributed by atoms with Gasteiger partial charge in [0.05, 0.1) is 5.69 Å². The highest BCUT2D eigenvalue weighted by molar-refractivity contribution is 14.1. The number of hydrogen-bond acceptors (Lipinski definition) is 1. The van der Waals surface area contributed by atoms with Gasteiger partial charge in [-0.2, -0.15) is 0 Å². The Hall–Kier alpha value is -1.33. The number of nitrogens with one attached hydrogen (secondary N) is 1. The summed E-state index contributed by atoms with van der Waals surface area (Å²) in [6.07, 6.45) is 3.26. The smallest absolute Gasteiger partial charge is 0.248 e. The van der Waals surface area contributed by atoms with Gasteiger partial charge in [-0.1, -0.05) is 35.9 Å². The number of anilines is 1. The monoisotopic (exact) mass is 383 g/mol. The lowest BCUT2D eigenvalue weighted by molar-refractivity contribution is -0.111. The Morgan fingerprint density at radius 2 is 1.79 bits per heavy atom. The maximum Gasteiger partial charge on any atom is 0.248 e. The molecule has 0 aliphatic carbocycles. The fourth-order valence-corrected chi connectivity index (χ4v) is 2.13. The molecule has 96 valence electrons. The van der Waals surface area contributed by atoms with Gasteiger partial charge in [-0.05, 0) is 58.5 Å². The molecule has 0 bridgehead atoms. The van der Waals surface area contributed by atoms with Crippen molar-refractivity contribution in [1.29, 1.82) is 0 Å². The fourth-order valence-electron chi connectivity index (χ4n) is 1.48. The number of carbonyl (C=O) groups excluding carboxylic acids is 1. The van der Waals surface area contributed by atoms with Gasteiger partial charge in [0, 0.05) is 14.7 Å². The second-order valence-electron chi connectivity index (χ2n) is 3.85. The van der Waals surface area contributed by atoms with Gasteiger partial charge < -0.3 is 5.32 Å². The zero-order valence-electron chi connectivity index (χ0n) is 9.94. The summed E-state index contributed by atoms with van der Waals surface area (Å²) in [5.74, 6) is -0.154. The van der Waals surface area contributed by atoms with E-state index >= 15 is 0 Å². The van der Waals surface area contributed by atoms with Gasteiger partial charge in [-0.25, -0.2) is 0 Å². The van der Waals surface area contributed by atoms with E-state index < -0.39 is 0 Å². The van der Waals surface area contributed by atoms with E-state index in [9.17, 15) is 4.79 Å². The minimum Gasteiger partial charge on any atom is -0.322 e. The Morgan fingerprint density at radius 1 is 1.11 bits per heavy atom. The van der Waals surface area contributed by atoms with Crippen LogP contribution >= 0.6 is 34.2 Å². The van der Waals surface area contributed by atoms with Crippen LogP contribution in [0.3, 0.4) is 0 Å². The van der Waals surface area contributed by atoms with Crippen LogP contribution in [0.15, 0.2) is 54.6 Å². The summed E-state index contributed by atoms with van der Waals surface area (Å²) >= 11 is 7.98. The fraction of sp³-hybridized carbons (Fsp3) is 0. The molecule has 0 aliphatic rings. The minimum absolute atomic E-state index is 0.154. The molecule has 0 radical (unpaired) electrons. The van der Waals surface area contributed by atoms with Crippen LogP contribution in [0.4, 0.5) is 5.69 Å². The third-order valence-corrected chi connectivity index (χ3v) is 3.62. The lowest BCUT2D eigenvalue weighted by Crippen LogP contribution is -2.08. The Labute approximate surface area is 130 Å². The van der Waals surface area contributed by atoms with E-state index in [1.54, 1.807) is 18.2 Å². The van der Waals surface area contributed by atoms with Crippen molar-refractivity contribution in [2.24, 2.45) is 0 Å². The highest BCUT2D eigenvalue weighted by Crippen LogP contribution is 2.17. The molecule has 4 heteroatoms. The third-order valence-electron chi connectivity index (χ3n) is 2.43. The Balaban J connectivity index is 2.02. The predicted molar refractivity (Wildman–Crippen MR) is 88.3 cm³/mol. The number of rotatable bonds is 3. The maximum atomic E-state index is 11.8. The highest BCUT2D eigenvalue weighted by Gasteiger charge is 2.01. The molecule has 2 rings (SSSR count). The van der Waals surface area contributed by atoms with E-state index in [4.69, 9.17) is 11.6 Å². The number of hydrogen-bond donors (Lipinski definition) is 1. The van der Waals surface area contributed by atoms with Gasteiger partial charge in [0.15, 0.2) is 0 Å². The SMILES string of the molecule is O=C(C=Cc1ccc(Cl)cc1)Nc1ccccc1I. The van der Waals surface area contributed by atoms with Crippen LogP contribution in [0.5, 0.6) is 0 Å². The van der Waals surface area contributed by atoms with E-state index in [2.05, 4.69) is 27.9 Å². The van der Waals surface area contributed by atoms with Crippen LogP contribution in [0, 0.1) is 3.57 Å². The van der Waals surface area contributed by atoms with Gasteiger partial charge in [-0.3, -0.25) is 4.79 Å². The van der Waals surface area contributed by atoms with E-state index in [-0.39, 0.29) is 5.91 Å². The molecule has 1 amide bonds.